The molecule has 2 heterocycles. The zero-order valence-corrected chi connectivity index (χ0v) is 20.9. The van der Waals surface area contributed by atoms with Crippen LogP contribution in [0.2, 0.25) is 0 Å². The summed E-state index contributed by atoms with van der Waals surface area (Å²) in [5.41, 5.74) is 5.64. The molecule has 1 amide bonds. The van der Waals surface area contributed by atoms with E-state index in [9.17, 15) is 10.1 Å². The molecular formula is C30H33N3O2. The number of anilines is 1. The maximum atomic E-state index is 12.9. The molecule has 180 valence electrons. The fraction of sp³-hybridized carbons (Fsp3) is 0.400. The van der Waals surface area contributed by atoms with Gasteiger partial charge in [-0.1, -0.05) is 36.4 Å². The number of piperidine rings is 1. The zero-order chi connectivity index (χ0) is 24.6. The van der Waals surface area contributed by atoms with Gasteiger partial charge in [-0.2, -0.15) is 5.26 Å². The number of nitrogens with zero attached hydrogens (tertiary/aromatic N) is 3. The number of hydrogen-bond donors (Lipinski definition) is 0. The topological polar surface area (TPSA) is 56.6 Å². The molecule has 2 aliphatic heterocycles. The maximum Gasteiger partial charge on any atom is 0.410 e. The van der Waals surface area contributed by atoms with Crippen molar-refractivity contribution in [3.8, 4) is 17.2 Å². The number of carbonyl (C=O) groups is 1. The van der Waals surface area contributed by atoms with Crippen molar-refractivity contribution in [1.29, 1.82) is 5.26 Å². The summed E-state index contributed by atoms with van der Waals surface area (Å²) in [6.07, 6.45) is 3.90. The number of benzene rings is 3. The minimum atomic E-state index is -0.547. The zero-order valence-electron chi connectivity index (χ0n) is 20.9. The number of nitriles is 1. The van der Waals surface area contributed by atoms with Crippen LogP contribution in [0.15, 0.2) is 48.5 Å². The molecule has 5 nitrogen and oxygen atoms in total. The molecule has 1 fully saturated rings. The normalized spacial score (nSPS) is 16.1. The molecule has 0 aliphatic carbocycles. The largest absolute Gasteiger partial charge is 0.444 e. The molecule has 0 bridgehead atoms. The molecule has 0 spiro atoms. The second kappa shape index (κ2) is 9.26. The van der Waals surface area contributed by atoms with E-state index in [1.807, 2.05) is 20.8 Å². The Kier molecular flexibility index (Phi) is 6.15. The summed E-state index contributed by atoms with van der Waals surface area (Å²) in [6, 6.07) is 19.6. The molecule has 0 atom stereocenters. The first-order valence-electron chi connectivity index (χ1n) is 12.6. The van der Waals surface area contributed by atoms with Crippen LogP contribution in [0.4, 0.5) is 10.5 Å². The lowest BCUT2D eigenvalue weighted by molar-refractivity contribution is 0.0224. The van der Waals surface area contributed by atoms with Crippen LogP contribution >= 0.6 is 0 Å². The van der Waals surface area contributed by atoms with Crippen LogP contribution in [0.3, 0.4) is 0 Å². The Hall–Kier alpha value is -3.52. The molecule has 0 saturated carbocycles. The molecule has 0 radical (unpaired) electrons. The van der Waals surface area contributed by atoms with Gasteiger partial charge in [0.1, 0.15) is 11.7 Å². The van der Waals surface area contributed by atoms with E-state index in [-0.39, 0.29) is 6.09 Å². The fourth-order valence-electron chi connectivity index (χ4n) is 5.34. The highest BCUT2D eigenvalue weighted by Gasteiger charge is 2.31. The quantitative estimate of drug-likeness (QED) is 0.423. The highest BCUT2D eigenvalue weighted by Crippen LogP contribution is 2.40. The number of rotatable bonds is 2. The average molecular weight is 468 g/mol. The Labute approximate surface area is 207 Å². The van der Waals surface area contributed by atoms with Gasteiger partial charge in [0.15, 0.2) is 0 Å². The lowest BCUT2D eigenvalue weighted by atomic mass is 9.86. The molecule has 1 saturated heterocycles. The third kappa shape index (κ3) is 4.71. The Morgan fingerprint density at radius 1 is 0.943 bits per heavy atom. The first kappa shape index (κ1) is 23.2. The Bertz CT molecular complexity index is 1310. The smallest absolute Gasteiger partial charge is 0.410 e. The molecule has 5 rings (SSSR count). The SMILES string of the molecule is CC(C)(C)OC(=O)N1CCc2c(C#N)c(N3CCCCC3)cc(-c3ccc4ccccc4c3)c2C1. The first-order chi connectivity index (χ1) is 16.8. The summed E-state index contributed by atoms with van der Waals surface area (Å²) in [5.74, 6) is 0. The van der Waals surface area contributed by atoms with E-state index >= 15 is 0 Å². The van der Waals surface area contributed by atoms with Crippen LogP contribution in [0.5, 0.6) is 0 Å². The van der Waals surface area contributed by atoms with E-state index in [4.69, 9.17) is 4.74 Å². The number of amides is 1. The van der Waals surface area contributed by atoms with Crippen LogP contribution in [0.25, 0.3) is 21.9 Å². The van der Waals surface area contributed by atoms with Crippen molar-refractivity contribution < 1.29 is 9.53 Å². The second-order valence-corrected chi connectivity index (χ2v) is 10.6. The highest BCUT2D eigenvalue weighted by atomic mass is 16.6. The van der Waals surface area contributed by atoms with Crippen LogP contribution in [-0.2, 0) is 17.7 Å². The molecule has 0 unspecified atom stereocenters. The summed E-state index contributed by atoms with van der Waals surface area (Å²) in [5, 5.41) is 12.6. The van der Waals surface area contributed by atoms with Gasteiger partial charge in [0.2, 0.25) is 0 Å². The third-order valence-electron chi connectivity index (χ3n) is 7.03. The predicted molar refractivity (Wildman–Crippen MR) is 141 cm³/mol. The van der Waals surface area contributed by atoms with Gasteiger partial charge in [0.05, 0.1) is 11.3 Å². The van der Waals surface area contributed by atoms with E-state index in [2.05, 4.69) is 59.5 Å². The van der Waals surface area contributed by atoms with Crippen LogP contribution < -0.4 is 4.90 Å². The standard InChI is InChI=1S/C30H33N3O2/c1-30(2,3)35-29(34)33-16-13-24-26(19-31)28(32-14-7-4-8-15-32)18-25(27(24)20-33)23-12-11-21-9-5-6-10-22(21)17-23/h5-6,9-12,17-18H,4,7-8,13-16,20H2,1-3H3. The van der Waals surface area contributed by atoms with Gasteiger partial charge in [-0.05, 0) is 91.6 Å². The minimum Gasteiger partial charge on any atom is -0.444 e. The molecule has 5 heteroatoms. The molecule has 3 aromatic carbocycles. The van der Waals surface area contributed by atoms with Crippen molar-refractivity contribution in [1.82, 2.24) is 4.90 Å². The van der Waals surface area contributed by atoms with Gasteiger partial charge in [-0.3, -0.25) is 0 Å². The van der Waals surface area contributed by atoms with Crippen LogP contribution in [0.1, 0.15) is 56.7 Å². The van der Waals surface area contributed by atoms with Crippen molar-refractivity contribution in [2.75, 3.05) is 24.5 Å². The second-order valence-electron chi connectivity index (χ2n) is 10.6. The number of fused-ring (bicyclic) bond motifs is 2. The Morgan fingerprint density at radius 2 is 1.69 bits per heavy atom. The summed E-state index contributed by atoms with van der Waals surface area (Å²) in [4.78, 5) is 17.1. The lowest BCUT2D eigenvalue weighted by Gasteiger charge is -2.35. The molecule has 35 heavy (non-hydrogen) atoms. The van der Waals surface area contributed by atoms with E-state index in [0.717, 1.165) is 59.4 Å². The number of ether oxygens (including phenoxy) is 1. The third-order valence-corrected chi connectivity index (χ3v) is 7.03. The maximum absolute atomic E-state index is 12.9. The average Bonchev–Trinajstić information content (AvgIpc) is 2.86. The molecular weight excluding hydrogens is 434 g/mol. The van der Waals surface area contributed by atoms with Gasteiger partial charge < -0.3 is 14.5 Å². The Balaban J connectivity index is 1.65. The molecule has 0 aromatic heterocycles. The Morgan fingerprint density at radius 3 is 2.40 bits per heavy atom. The lowest BCUT2D eigenvalue weighted by Crippen LogP contribution is -2.40. The first-order valence-corrected chi connectivity index (χ1v) is 12.6. The summed E-state index contributed by atoms with van der Waals surface area (Å²) < 4.78 is 5.68. The van der Waals surface area contributed by atoms with Crippen LogP contribution in [0, 0.1) is 11.3 Å². The molecule has 0 N–H and O–H groups in total. The summed E-state index contributed by atoms with van der Waals surface area (Å²) in [6.45, 7) is 8.63. The van der Waals surface area contributed by atoms with E-state index in [0.29, 0.717) is 19.5 Å². The predicted octanol–water partition coefficient (Wildman–Crippen LogP) is 6.66. The van der Waals surface area contributed by atoms with Crippen molar-refractivity contribution in [2.45, 2.75) is 58.6 Å². The fourth-order valence-corrected chi connectivity index (χ4v) is 5.34. The highest BCUT2D eigenvalue weighted by molar-refractivity contribution is 5.89. The van der Waals surface area contributed by atoms with Crippen molar-refractivity contribution in [3.05, 3.63) is 65.2 Å². The van der Waals surface area contributed by atoms with Gasteiger partial charge in [0, 0.05) is 26.2 Å². The number of hydrogen-bond acceptors (Lipinski definition) is 4. The van der Waals surface area contributed by atoms with Gasteiger partial charge in [-0.25, -0.2) is 4.79 Å². The van der Waals surface area contributed by atoms with Crippen molar-refractivity contribution >= 4 is 22.6 Å². The van der Waals surface area contributed by atoms with Crippen LogP contribution in [-0.4, -0.2) is 36.2 Å². The van der Waals surface area contributed by atoms with Crippen molar-refractivity contribution in [2.24, 2.45) is 0 Å². The summed E-state index contributed by atoms with van der Waals surface area (Å²) in [7, 11) is 0. The summed E-state index contributed by atoms with van der Waals surface area (Å²) >= 11 is 0. The van der Waals surface area contributed by atoms with E-state index in [1.165, 1.54) is 17.2 Å². The monoisotopic (exact) mass is 467 g/mol. The molecule has 3 aromatic rings. The van der Waals surface area contributed by atoms with Gasteiger partial charge in [-0.15, -0.1) is 0 Å². The van der Waals surface area contributed by atoms with Crippen molar-refractivity contribution in [3.63, 3.8) is 0 Å². The van der Waals surface area contributed by atoms with Gasteiger partial charge >= 0.3 is 6.09 Å². The molecule has 2 aliphatic rings. The van der Waals surface area contributed by atoms with Gasteiger partial charge in [0.25, 0.3) is 0 Å². The minimum absolute atomic E-state index is 0.300. The number of carbonyl (C=O) groups excluding carboxylic acids is 1. The van der Waals surface area contributed by atoms with E-state index < -0.39 is 5.60 Å². The van der Waals surface area contributed by atoms with E-state index in [1.54, 1.807) is 4.90 Å².